The lowest BCUT2D eigenvalue weighted by molar-refractivity contribution is -0.123. The zero-order valence-electron chi connectivity index (χ0n) is 16.5. The maximum Gasteiger partial charge on any atom is 0.258 e. The lowest BCUT2D eigenvalue weighted by atomic mass is 10.1. The minimum Gasteiger partial charge on any atom is -0.496 e. The van der Waals surface area contributed by atoms with Gasteiger partial charge in [0, 0.05) is 30.9 Å². The Morgan fingerprint density at radius 3 is 2.67 bits per heavy atom. The molecular weight excluding hydrogens is 344 g/mol. The number of rotatable bonds is 9. The van der Waals surface area contributed by atoms with Crippen LogP contribution in [0.3, 0.4) is 0 Å². The van der Waals surface area contributed by atoms with Crippen LogP contribution < -0.4 is 20.2 Å². The second kappa shape index (κ2) is 9.80. The molecule has 0 fully saturated rings. The lowest BCUT2D eigenvalue weighted by Crippen LogP contribution is -2.30. The highest BCUT2D eigenvalue weighted by molar-refractivity contribution is 5.77. The monoisotopic (exact) mass is 372 g/mol. The SMILES string of the molecule is COc1ccccc1CNC(=O)COc1c(C)n(CCC(C)C)ccc1=O. The molecule has 1 amide bonds. The number of methoxy groups -OCH3 is 1. The molecule has 1 N–H and O–H groups in total. The molecule has 6 heteroatoms. The van der Waals surface area contributed by atoms with Gasteiger partial charge in [0.15, 0.2) is 12.4 Å². The van der Waals surface area contributed by atoms with Gasteiger partial charge in [-0.15, -0.1) is 0 Å². The Labute approximate surface area is 160 Å². The van der Waals surface area contributed by atoms with Gasteiger partial charge < -0.3 is 19.4 Å². The van der Waals surface area contributed by atoms with Crippen molar-refractivity contribution in [2.24, 2.45) is 5.92 Å². The van der Waals surface area contributed by atoms with Crippen molar-refractivity contribution >= 4 is 5.91 Å². The Morgan fingerprint density at radius 1 is 1.22 bits per heavy atom. The van der Waals surface area contributed by atoms with Crippen LogP contribution in [0.4, 0.5) is 0 Å². The van der Waals surface area contributed by atoms with Gasteiger partial charge in [0.25, 0.3) is 5.91 Å². The number of nitrogens with one attached hydrogen (secondary N) is 1. The maximum absolute atomic E-state index is 12.1. The first-order chi connectivity index (χ1) is 12.9. The summed E-state index contributed by atoms with van der Waals surface area (Å²) >= 11 is 0. The van der Waals surface area contributed by atoms with E-state index in [0.29, 0.717) is 18.2 Å². The molecular formula is C21H28N2O4. The Bertz CT molecular complexity index is 827. The molecule has 0 bridgehead atoms. The predicted molar refractivity (Wildman–Crippen MR) is 105 cm³/mol. The maximum atomic E-state index is 12.1. The van der Waals surface area contributed by atoms with Crippen LogP contribution in [0, 0.1) is 12.8 Å². The standard InChI is InChI=1S/C21H28N2O4/c1-15(2)9-11-23-12-10-18(24)21(16(23)3)27-14-20(25)22-13-17-7-5-6-8-19(17)26-4/h5-8,10,12,15H,9,11,13-14H2,1-4H3,(H,22,25). The van der Waals surface area contributed by atoms with Gasteiger partial charge in [0.2, 0.25) is 5.43 Å². The van der Waals surface area contributed by atoms with E-state index in [1.807, 2.05) is 35.8 Å². The third kappa shape index (κ3) is 5.88. The summed E-state index contributed by atoms with van der Waals surface area (Å²) in [7, 11) is 1.59. The van der Waals surface area contributed by atoms with E-state index in [4.69, 9.17) is 9.47 Å². The number of nitrogens with zero attached hydrogens (tertiary/aromatic N) is 1. The van der Waals surface area contributed by atoms with E-state index in [2.05, 4.69) is 19.2 Å². The van der Waals surface area contributed by atoms with E-state index < -0.39 is 0 Å². The van der Waals surface area contributed by atoms with E-state index in [-0.39, 0.29) is 23.7 Å². The van der Waals surface area contributed by atoms with Crippen LogP contribution in [0.5, 0.6) is 11.5 Å². The van der Waals surface area contributed by atoms with Crippen LogP contribution in [0.25, 0.3) is 0 Å². The molecule has 2 rings (SSSR count). The Balaban J connectivity index is 1.96. The van der Waals surface area contributed by atoms with Gasteiger partial charge in [-0.25, -0.2) is 0 Å². The summed E-state index contributed by atoms with van der Waals surface area (Å²) in [6.45, 7) is 7.07. The fourth-order valence-corrected chi connectivity index (χ4v) is 2.70. The zero-order valence-corrected chi connectivity index (χ0v) is 16.5. The van der Waals surface area contributed by atoms with Gasteiger partial charge in [0.1, 0.15) is 5.75 Å². The predicted octanol–water partition coefficient (Wildman–Crippen LogP) is 2.91. The van der Waals surface area contributed by atoms with E-state index in [1.54, 1.807) is 13.3 Å². The smallest absolute Gasteiger partial charge is 0.258 e. The zero-order chi connectivity index (χ0) is 19.8. The van der Waals surface area contributed by atoms with E-state index >= 15 is 0 Å². The van der Waals surface area contributed by atoms with Crippen molar-refractivity contribution in [3.63, 3.8) is 0 Å². The molecule has 27 heavy (non-hydrogen) atoms. The summed E-state index contributed by atoms with van der Waals surface area (Å²) in [5, 5.41) is 2.78. The number of pyridine rings is 1. The molecule has 1 aromatic carbocycles. The van der Waals surface area contributed by atoms with Gasteiger partial charge in [0.05, 0.1) is 12.8 Å². The molecule has 0 radical (unpaired) electrons. The molecule has 1 heterocycles. The highest BCUT2D eigenvalue weighted by atomic mass is 16.5. The summed E-state index contributed by atoms with van der Waals surface area (Å²) in [4.78, 5) is 24.2. The van der Waals surface area contributed by atoms with Crippen LogP contribution in [0.1, 0.15) is 31.5 Å². The number of amides is 1. The number of carbonyl (C=O) groups is 1. The van der Waals surface area contributed by atoms with Crippen molar-refractivity contribution in [3.05, 3.63) is 58.0 Å². The molecule has 0 saturated heterocycles. The van der Waals surface area contributed by atoms with E-state index in [1.165, 1.54) is 6.07 Å². The summed E-state index contributed by atoms with van der Waals surface area (Å²) in [6, 6.07) is 8.96. The van der Waals surface area contributed by atoms with Gasteiger partial charge >= 0.3 is 0 Å². The number of carbonyl (C=O) groups excluding carboxylic acids is 1. The van der Waals surface area contributed by atoms with Crippen LogP contribution in [-0.2, 0) is 17.9 Å². The van der Waals surface area contributed by atoms with Gasteiger partial charge in [-0.05, 0) is 25.3 Å². The number of aromatic nitrogens is 1. The second-order valence-corrected chi connectivity index (χ2v) is 6.85. The van der Waals surface area contributed by atoms with Gasteiger partial charge in [-0.3, -0.25) is 9.59 Å². The molecule has 0 saturated carbocycles. The van der Waals surface area contributed by atoms with Crippen LogP contribution >= 0.6 is 0 Å². The van der Waals surface area contributed by atoms with Gasteiger partial charge in [-0.2, -0.15) is 0 Å². The molecule has 0 aliphatic carbocycles. The normalized spacial score (nSPS) is 10.7. The number of para-hydroxylation sites is 1. The highest BCUT2D eigenvalue weighted by Gasteiger charge is 2.12. The van der Waals surface area contributed by atoms with Gasteiger partial charge in [-0.1, -0.05) is 32.0 Å². The van der Waals surface area contributed by atoms with Crippen molar-refractivity contribution in [1.82, 2.24) is 9.88 Å². The number of hydrogen-bond donors (Lipinski definition) is 1. The van der Waals surface area contributed by atoms with E-state index in [0.717, 1.165) is 24.2 Å². The summed E-state index contributed by atoms with van der Waals surface area (Å²) in [5.74, 6) is 1.21. The lowest BCUT2D eigenvalue weighted by Gasteiger charge is -2.16. The molecule has 6 nitrogen and oxygen atoms in total. The van der Waals surface area contributed by atoms with Crippen molar-refractivity contribution in [2.45, 2.75) is 40.3 Å². The number of ether oxygens (including phenoxy) is 2. The van der Waals surface area contributed by atoms with Crippen molar-refractivity contribution < 1.29 is 14.3 Å². The van der Waals surface area contributed by atoms with Crippen LogP contribution in [-0.4, -0.2) is 24.2 Å². The molecule has 1 aromatic heterocycles. The molecule has 0 aliphatic heterocycles. The first-order valence-corrected chi connectivity index (χ1v) is 9.13. The Kier molecular flexibility index (Phi) is 7.46. The molecule has 0 aliphatic rings. The first kappa shape index (κ1) is 20.6. The molecule has 2 aromatic rings. The van der Waals surface area contributed by atoms with E-state index in [9.17, 15) is 9.59 Å². The fraction of sp³-hybridized carbons (Fsp3) is 0.429. The number of aryl methyl sites for hydroxylation is 1. The largest absolute Gasteiger partial charge is 0.496 e. The third-order valence-corrected chi connectivity index (χ3v) is 4.35. The summed E-state index contributed by atoms with van der Waals surface area (Å²) in [6.07, 6.45) is 2.78. The third-order valence-electron chi connectivity index (χ3n) is 4.35. The molecule has 0 unspecified atom stereocenters. The average molecular weight is 372 g/mol. The fourth-order valence-electron chi connectivity index (χ4n) is 2.70. The minimum absolute atomic E-state index is 0.209. The first-order valence-electron chi connectivity index (χ1n) is 9.13. The highest BCUT2D eigenvalue weighted by Crippen LogP contribution is 2.17. The summed E-state index contributed by atoms with van der Waals surface area (Å²) < 4.78 is 12.8. The summed E-state index contributed by atoms with van der Waals surface area (Å²) in [5.41, 5.74) is 1.40. The number of benzene rings is 1. The average Bonchev–Trinajstić information content (AvgIpc) is 2.65. The molecule has 0 spiro atoms. The topological polar surface area (TPSA) is 69.6 Å². The molecule has 0 atom stereocenters. The minimum atomic E-state index is -0.294. The molecule has 146 valence electrons. The Hall–Kier alpha value is -2.76. The quantitative estimate of drug-likeness (QED) is 0.735. The van der Waals surface area contributed by atoms with Crippen LogP contribution in [0.15, 0.2) is 41.3 Å². The van der Waals surface area contributed by atoms with Crippen molar-refractivity contribution in [1.29, 1.82) is 0 Å². The van der Waals surface area contributed by atoms with Crippen molar-refractivity contribution in [2.75, 3.05) is 13.7 Å². The Morgan fingerprint density at radius 2 is 1.96 bits per heavy atom. The second-order valence-electron chi connectivity index (χ2n) is 6.85. The van der Waals surface area contributed by atoms with Crippen molar-refractivity contribution in [3.8, 4) is 11.5 Å². The van der Waals surface area contributed by atoms with Crippen LogP contribution in [0.2, 0.25) is 0 Å². The number of hydrogen-bond acceptors (Lipinski definition) is 4.